The van der Waals surface area contributed by atoms with Crippen LogP contribution >= 0.6 is 0 Å². The van der Waals surface area contributed by atoms with Gasteiger partial charge in [0.15, 0.2) is 9.84 Å². The van der Waals surface area contributed by atoms with Crippen molar-refractivity contribution in [1.82, 2.24) is 0 Å². The van der Waals surface area contributed by atoms with Crippen molar-refractivity contribution in [1.29, 1.82) is 0 Å². The van der Waals surface area contributed by atoms with Gasteiger partial charge in [0.2, 0.25) is 0 Å². The number of nitrogens with one attached hydrogen (secondary N) is 1. The van der Waals surface area contributed by atoms with Gasteiger partial charge in [0.1, 0.15) is 16.2 Å². The van der Waals surface area contributed by atoms with Crippen molar-refractivity contribution >= 4 is 21.2 Å². The summed E-state index contributed by atoms with van der Waals surface area (Å²) >= 11 is 0. The number of nitrogens with zero attached hydrogens (tertiary/aromatic N) is 1. The van der Waals surface area contributed by atoms with Crippen molar-refractivity contribution in [2.24, 2.45) is 0 Å². The van der Waals surface area contributed by atoms with E-state index in [4.69, 9.17) is 5.11 Å². The zero-order chi connectivity index (χ0) is 15.6. The second-order valence-electron chi connectivity index (χ2n) is 4.69. The first-order valence-electron chi connectivity index (χ1n) is 5.63. The van der Waals surface area contributed by atoms with E-state index in [1.54, 1.807) is 0 Å². The minimum absolute atomic E-state index is 0.0355. The van der Waals surface area contributed by atoms with E-state index in [0.717, 1.165) is 12.3 Å². The number of sulfone groups is 1. The summed E-state index contributed by atoms with van der Waals surface area (Å²) in [5, 5.41) is 32.2. The third-order valence-electron chi connectivity index (χ3n) is 2.58. The zero-order valence-corrected chi connectivity index (χ0v) is 11.8. The van der Waals surface area contributed by atoms with Gasteiger partial charge in [-0.3, -0.25) is 10.1 Å². The number of benzene rings is 1. The van der Waals surface area contributed by atoms with E-state index < -0.39 is 37.6 Å². The van der Waals surface area contributed by atoms with Crippen LogP contribution in [0.15, 0.2) is 23.1 Å². The summed E-state index contributed by atoms with van der Waals surface area (Å²) in [7, 11) is -3.75. The number of para-hydroxylation sites is 1. The van der Waals surface area contributed by atoms with Crippen molar-refractivity contribution in [2.75, 3.05) is 24.7 Å². The molecule has 20 heavy (non-hydrogen) atoms. The lowest BCUT2D eigenvalue weighted by Gasteiger charge is -2.21. The molecule has 1 atom stereocenters. The van der Waals surface area contributed by atoms with Gasteiger partial charge in [-0.1, -0.05) is 6.07 Å². The fourth-order valence-electron chi connectivity index (χ4n) is 1.49. The number of nitro groups is 1. The topological polar surface area (TPSA) is 130 Å². The van der Waals surface area contributed by atoms with Gasteiger partial charge in [0.25, 0.3) is 0 Å². The minimum Gasteiger partial charge on any atom is -0.393 e. The van der Waals surface area contributed by atoms with Gasteiger partial charge in [-0.15, -0.1) is 0 Å². The third kappa shape index (κ3) is 3.89. The molecule has 9 heteroatoms. The van der Waals surface area contributed by atoms with Crippen LogP contribution in [0.1, 0.15) is 6.92 Å². The fourth-order valence-corrected chi connectivity index (χ4v) is 2.36. The average molecular weight is 304 g/mol. The van der Waals surface area contributed by atoms with Gasteiger partial charge >= 0.3 is 5.69 Å². The average Bonchev–Trinajstić information content (AvgIpc) is 2.34. The summed E-state index contributed by atoms with van der Waals surface area (Å²) in [5.74, 6) is 0. The molecule has 0 spiro atoms. The zero-order valence-electron chi connectivity index (χ0n) is 11.0. The highest BCUT2D eigenvalue weighted by Crippen LogP contribution is 2.32. The van der Waals surface area contributed by atoms with E-state index in [-0.39, 0.29) is 12.2 Å². The molecule has 3 N–H and O–H groups in total. The Morgan fingerprint density at radius 3 is 2.50 bits per heavy atom. The summed E-state index contributed by atoms with van der Waals surface area (Å²) in [6.45, 7) is 0.628. The Morgan fingerprint density at radius 2 is 2.05 bits per heavy atom. The second-order valence-corrected chi connectivity index (χ2v) is 6.67. The molecule has 0 radical (unpaired) electrons. The Bertz CT molecular complexity index is 611. The number of hydrogen-bond donors (Lipinski definition) is 3. The molecule has 8 nitrogen and oxygen atoms in total. The van der Waals surface area contributed by atoms with Crippen LogP contribution < -0.4 is 5.32 Å². The number of aliphatic hydroxyl groups is 2. The SMILES string of the molecule is CC(O)(CO)CNc1cccc(S(C)(=O)=O)c1[N+](=O)[O-]. The predicted octanol–water partition coefficient (Wildman–Crippen LogP) is 0.154. The Labute approximate surface area is 116 Å². The summed E-state index contributed by atoms with van der Waals surface area (Å²) in [6.07, 6.45) is 0.878. The number of anilines is 1. The third-order valence-corrected chi connectivity index (χ3v) is 3.71. The molecule has 0 aliphatic rings. The number of aliphatic hydroxyl groups excluding tert-OH is 1. The van der Waals surface area contributed by atoms with Gasteiger partial charge in [-0.25, -0.2) is 8.42 Å². The van der Waals surface area contributed by atoms with Gasteiger partial charge in [-0.2, -0.15) is 0 Å². The van der Waals surface area contributed by atoms with E-state index in [0.29, 0.717) is 0 Å². The van der Waals surface area contributed by atoms with Crippen molar-refractivity contribution in [3.8, 4) is 0 Å². The molecule has 0 aromatic heterocycles. The first-order valence-corrected chi connectivity index (χ1v) is 7.52. The summed E-state index contributed by atoms with van der Waals surface area (Å²) in [5.41, 5.74) is -2.09. The number of rotatable bonds is 6. The Kier molecular flexibility index (Phi) is 4.69. The minimum atomic E-state index is -3.75. The number of hydrogen-bond acceptors (Lipinski definition) is 7. The maximum absolute atomic E-state index is 11.5. The highest BCUT2D eigenvalue weighted by atomic mass is 32.2. The van der Waals surface area contributed by atoms with E-state index in [2.05, 4.69) is 5.32 Å². The molecular weight excluding hydrogens is 288 g/mol. The lowest BCUT2D eigenvalue weighted by atomic mass is 10.1. The molecule has 0 aliphatic heterocycles. The van der Waals surface area contributed by atoms with Crippen LogP contribution in [0.25, 0.3) is 0 Å². The Hall–Kier alpha value is -1.71. The second kappa shape index (κ2) is 5.73. The molecule has 1 aromatic carbocycles. The lowest BCUT2D eigenvalue weighted by Crippen LogP contribution is -2.37. The van der Waals surface area contributed by atoms with Crippen LogP contribution in [0.4, 0.5) is 11.4 Å². The molecule has 0 saturated carbocycles. The molecule has 1 unspecified atom stereocenters. The summed E-state index contributed by atoms with van der Waals surface area (Å²) in [4.78, 5) is 9.87. The predicted molar refractivity (Wildman–Crippen MR) is 72.4 cm³/mol. The van der Waals surface area contributed by atoms with E-state index in [1.165, 1.54) is 19.1 Å². The van der Waals surface area contributed by atoms with Crippen LogP contribution in [0.3, 0.4) is 0 Å². The van der Waals surface area contributed by atoms with Crippen LogP contribution in [0.2, 0.25) is 0 Å². The first kappa shape index (κ1) is 16.3. The smallest absolute Gasteiger partial charge is 0.310 e. The van der Waals surface area contributed by atoms with Crippen LogP contribution in [-0.4, -0.2) is 48.6 Å². The molecule has 0 heterocycles. The summed E-state index contributed by atoms with van der Waals surface area (Å²) < 4.78 is 23.1. The summed E-state index contributed by atoms with van der Waals surface area (Å²) in [6, 6.07) is 3.84. The highest BCUT2D eigenvalue weighted by molar-refractivity contribution is 7.90. The normalized spacial score (nSPS) is 14.6. The maximum atomic E-state index is 11.5. The van der Waals surface area contributed by atoms with Gasteiger partial charge in [0.05, 0.1) is 11.5 Å². The van der Waals surface area contributed by atoms with Crippen molar-refractivity contribution in [2.45, 2.75) is 17.4 Å². The molecule has 1 aromatic rings. The standard InChI is InChI=1S/C11H16N2O6S/c1-11(15,7-14)6-12-8-4-3-5-9(20(2,18)19)10(8)13(16)17/h3-5,12,14-15H,6-7H2,1-2H3. The van der Waals surface area contributed by atoms with Crippen LogP contribution in [0, 0.1) is 10.1 Å². The van der Waals surface area contributed by atoms with Crippen molar-refractivity contribution < 1.29 is 23.6 Å². The lowest BCUT2D eigenvalue weighted by molar-refractivity contribution is -0.386. The molecule has 0 amide bonds. The van der Waals surface area contributed by atoms with Crippen LogP contribution in [0.5, 0.6) is 0 Å². The highest BCUT2D eigenvalue weighted by Gasteiger charge is 2.27. The molecule has 1 rings (SSSR count). The van der Waals surface area contributed by atoms with Gasteiger partial charge < -0.3 is 15.5 Å². The quantitative estimate of drug-likeness (QED) is 0.504. The van der Waals surface area contributed by atoms with E-state index in [9.17, 15) is 23.6 Å². The molecule has 0 aliphatic carbocycles. The van der Waals surface area contributed by atoms with E-state index in [1.807, 2.05) is 0 Å². The van der Waals surface area contributed by atoms with Crippen LogP contribution in [-0.2, 0) is 9.84 Å². The molecule has 112 valence electrons. The Morgan fingerprint density at radius 1 is 1.45 bits per heavy atom. The fraction of sp³-hybridized carbons (Fsp3) is 0.455. The monoisotopic (exact) mass is 304 g/mol. The van der Waals surface area contributed by atoms with Crippen molar-refractivity contribution in [3.63, 3.8) is 0 Å². The first-order chi connectivity index (χ1) is 9.08. The Balaban J connectivity index is 3.25. The molecule has 0 saturated heterocycles. The van der Waals surface area contributed by atoms with Gasteiger partial charge in [-0.05, 0) is 19.1 Å². The molecule has 0 fully saturated rings. The largest absolute Gasteiger partial charge is 0.393 e. The number of nitro benzene ring substituents is 1. The van der Waals surface area contributed by atoms with Crippen molar-refractivity contribution in [3.05, 3.63) is 28.3 Å². The molecular formula is C11H16N2O6S. The van der Waals surface area contributed by atoms with E-state index >= 15 is 0 Å². The van der Waals surface area contributed by atoms with Gasteiger partial charge in [0, 0.05) is 12.8 Å². The maximum Gasteiger partial charge on any atom is 0.310 e. The molecule has 0 bridgehead atoms.